The second-order valence-electron chi connectivity index (χ2n) is 8.57. The zero-order valence-corrected chi connectivity index (χ0v) is 21.2. The maximum absolute atomic E-state index is 12.9. The van der Waals surface area contributed by atoms with Crippen molar-refractivity contribution in [2.45, 2.75) is 66.0 Å². The number of aryl methyl sites for hydroxylation is 1. The molecule has 0 unspecified atom stereocenters. The van der Waals surface area contributed by atoms with Crippen LogP contribution in [-0.4, -0.2) is 41.9 Å². The standard InChI is InChI=1S/C26H37N3O3.ClH/c1-18(2)29(19(3)4)26(30)24-14-13-23(17-20(24)5)32-16-8-6-7-15-31-22-11-9-21(10-12-22)25(27)28;/h9-14,17-19H,6-8,15-16H2,1-5H3,(H3,27,28);1H. The molecule has 0 bridgehead atoms. The Hall–Kier alpha value is -2.73. The molecule has 2 aromatic carbocycles. The van der Waals surface area contributed by atoms with Crippen LogP contribution < -0.4 is 15.2 Å². The van der Waals surface area contributed by atoms with Crippen LogP contribution in [0, 0.1) is 12.3 Å². The van der Waals surface area contributed by atoms with Gasteiger partial charge in [-0.3, -0.25) is 10.2 Å². The summed E-state index contributed by atoms with van der Waals surface area (Å²) in [4.78, 5) is 14.8. The molecular formula is C26H38ClN3O3. The van der Waals surface area contributed by atoms with Gasteiger partial charge in [-0.15, -0.1) is 12.4 Å². The predicted octanol–water partition coefficient (Wildman–Crippen LogP) is 5.59. The molecule has 0 saturated heterocycles. The molecule has 0 heterocycles. The molecule has 0 saturated carbocycles. The number of nitrogens with two attached hydrogens (primary N) is 1. The van der Waals surface area contributed by atoms with Crippen molar-refractivity contribution in [3.63, 3.8) is 0 Å². The van der Waals surface area contributed by atoms with E-state index in [4.69, 9.17) is 20.6 Å². The lowest BCUT2D eigenvalue weighted by atomic mass is 10.1. The number of rotatable bonds is 12. The van der Waals surface area contributed by atoms with Gasteiger partial charge in [-0.2, -0.15) is 0 Å². The maximum Gasteiger partial charge on any atom is 0.254 e. The largest absolute Gasteiger partial charge is 0.494 e. The number of unbranched alkanes of at least 4 members (excludes halogenated alkanes) is 2. The molecule has 2 aromatic rings. The summed E-state index contributed by atoms with van der Waals surface area (Å²) in [6, 6.07) is 13.2. The van der Waals surface area contributed by atoms with Crippen molar-refractivity contribution in [3.8, 4) is 11.5 Å². The van der Waals surface area contributed by atoms with E-state index in [2.05, 4.69) is 0 Å². The van der Waals surface area contributed by atoms with Crippen LogP contribution in [0.1, 0.15) is 68.4 Å². The third kappa shape index (κ3) is 8.61. The van der Waals surface area contributed by atoms with Gasteiger partial charge in [0.1, 0.15) is 17.3 Å². The summed E-state index contributed by atoms with van der Waals surface area (Å²) in [7, 11) is 0. The first-order valence-corrected chi connectivity index (χ1v) is 11.3. The van der Waals surface area contributed by atoms with Crippen LogP contribution in [0.4, 0.5) is 0 Å². The molecule has 0 atom stereocenters. The summed E-state index contributed by atoms with van der Waals surface area (Å²) in [6.07, 6.45) is 2.87. The molecule has 0 aliphatic heterocycles. The molecule has 6 nitrogen and oxygen atoms in total. The fourth-order valence-corrected chi connectivity index (χ4v) is 3.66. The van der Waals surface area contributed by atoms with Gasteiger partial charge >= 0.3 is 0 Å². The first-order chi connectivity index (χ1) is 15.2. The number of nitrogen functional groups attached to an aromatic ring is 1. The van der Waals surface area contributed by atoms with Crippen molar-refractivity contribution in [1.29, 1.82) is 5.41 Å². The zero-order valence-electron chi connectivity index (χ0n) is 20.4. The van der Waals surface area contributed by atoms with Gasteiger partial charge in [-0.05, 0) is 102 Å². The van der Waals surface area contributed by atoms with Crippen LogP contribution in [0.5, 0.6) is 11.5 Å². The molecular weight excluding hydrogens is 438 g/mol. The highest BCUT2D eigenvalue weighted by atomic mass is 35.5. The van der Waals surface area contributed by atoms with Crippen LogP contribution in [0.25, 0.3) is 0 Å². The molecule has 182 valence electrons. The third-order valence-electron chi connectivity index (χ3n) is 5.27. The van der Waals surface area contributed by atoms with Crippen LogP contribution >= 0.6 is 12.4 Å². The van der Waals surface area contributed by atoms with Crippen LogP contribution in [-0.2, 0) is 0 Å². The molecule has 0 fully saturated rings. The van der Waals surface area contributed by atoms with Gasteiger partial charge in [0.05, 0.1) is 13.2 Å². The summed E-state index contributed by atoms with van der Waals surface area (Å²) < 4.78 is 11.6. The lowest BCUT2D eigenvalue weighted by molar-refractivity contribution is 0.0643. The quantitative estimate of drug-likeness (QED) is 0.238. The summed E-state index contributed by atoms with van der Waals surface area (Å²) in [5.41, 5.74) is 7.81. The van der Waals surface area contributed by atoms with Gasteiger partial charge in [0.25, 0.3) is 5.91 Å². The summed E-state index contributed by atoms with van der Waals surface area (Å²) in [5, 5.41) is 7.40. The number of amidine groups is 1. The number of ether oxygens (including phenoxy) is 2. The van der Waals surface area contributed by atoms with E-state index in [1.165, 1.54) is 0 Å². The summed E-state index contributed by atoms with van der Waals surface area (Å²) in [6.45, 7) is 11.4. The average Bonchev–Trinajstić information content (AvgIpc) is 2.72. The van der Waals surface area contributed by atoms with Crippen molar-refractivity contribution in [2.75, 3.05) is 13.2 Å². The molecule has 2 rings (SSSR count). The number of carbonyl (C=O) groups is 1. The first-order valence-electron chi connectivity index (χ1n) is 11.3. The van der Waals surface area contributed by atoms with E-state index in [0.29, 0.717) is 18.8 Å². The number of nitrogens with one attached hydrogen (secondary N) is 1. The first kappa shape index (κ1) is 28.3. The number of hydrogen-bond donors (Lipinski definition) is 2. The fourth-order valence-electron chi connectivity index (χ4n) is 3.66. The summed E-state index contributed by atoms with van der Waals surface area (Å²) >= 11 is 0. The number of halogens is 1. The van der Waals surface area contributed by atoms with Gasteiger partial charge in [0.15, 0.2) is 0 Å². The van der Waals surface area contributed by atoms with Crippen molar-refractivity contribution in [3.05, 3.63) is 59.2 Å². The lowest BCUT2D eigenvalue weighted by Gasteiger charge is -2.31. The Bertz CT molecular complexity index is 890. The van der Waals surface area contributed by atoms with Crippen LogP contribution in [0.15, 0.2) is 42.5 Å². The number of benzene rings is 2. The van der Waals surface area contributed by atoms with Crippen molar-refractivity contribution >= 4 is 24.1 Å². The van der Waals surface area contributed by atoms with Crippen molar-refractivity contribution in [2.24, 2.45) is 5.73 Å². The average molecular weight is 476 g/mol. The van der Waals surface area contributed by atoms with Crippen molar-refractivity contribution < 1.29 is 14.3 Å². The minimum atomic E-state index is 0. The van der Waals surface area contributed by atoms with Crippen LogP contribution in [0.2, 0.25) is 0 Å². The molecule has 7 heteroatoms. The second kappa shape index (κ2) is 13.7. The Labute approximate surface area is 204 Å². The highest BCUT2D eigenvalue weighted by Gasteiger charge is 2.22. The van der Waals surface area contributed by atoms with Crippen molar-refractivity contribution in [1.82, 2.24) is 4.90 Å². The Morgan fingerprint density at radius 3 is 1.91 bits per heavy atom. The summed E-state index contributed by atoms with van der Waals surface area (Å²) in [5.74, 6) is 1.70. The molecule has 0 spiro atoms. The predicted molar refractivity (Wildman–Crippen MR) is 137 cm³/mol. The van der Waals surface area contributed by atoms with Gasteiger partial charge in [-0.25, -0.2) is 0 Å². The van der Waals surface area contributed by atoms with E-state index < -0.39 is 0 Å². The SMILES string of the molecule is Cc1cc(OCCCCCOc2ccc(C(=N)N)cc2)ccc1C(=O)N(C(C)C)C(C)C.Cl. The topological polar surface area (TPSA) is 88.6 Å². The van der Waals surface area contributed by atoms with Gasteiger partial charge < -0.3 is 20.1 Å². The maximum atomic E-state index is 12.9. The highest BCUT2D eigenvalue weighted by molar-refractivity contribution is 5.96. The molecule has 1 amide bonds. The minimum absolute atomic E-state index is 0. The number of amides is 1. The molecule has 0 aromatic heterocycles. The van der Waals surface area contributed by atoms with Gasteiger partial charge in [0, 0.05) is 23.2 Å². The monoisotopic (exact) mass is 475 g/mol. The van der Waals surface area contributed by atoms with E-state index in [1.807, 2.05) is 69.9 Å². The number of nitrogens with zero attached hydrogens (tertiary/aromatic N) is 1. The Kier molecular flexibility index (Phi) is 11.8. The van der Waals surface area contributed by atoms with E-state index in [0.717, 1.165) is 41.9 Å². The van der Waals surface area contributed by atoms with E-state index in [1.54, 1.807) is 12.1 Å². The number of hydrogen-bond acceptors (Lipinski definition) is 4. The highest BCUT2D eigenvalue weighted by Crippen LogP contribution is 2.21. The van der Waals surface area contributed by atoms with E-state index in [-0.39, 0.29) is 36.2 Å². The third-order valence-corrected chi connectivity index (χ3v) is 5.27. The minimum Gasteiger partial charge on any atom is -0.494 e. The van der Waals surface area contributed by atoms with Gasteiger partial charge in [0.2, 0.25) is 0 Å². The zero-order chi connectivity index (χ0) is 23.7. The Balaban J connectivity index is 0.00000544. The lowest BCUT2D eigenvalue weighted by Crippen LogP contribution is -2.42. The van der Waals surface area contributed by atoms with E-state index >= 15 is 0 Å². The Morgan fingerprint density at radius 2 is 1.42 bits per heavy atom. The molecule has 0 aliphatic rings. The fraction of sp³-hybridized carbons (Fsp3) is 0.462. The smallest absolute Gasteiger partial charge is 0.254 e. The second-order valence-corrected chi connectivity index (χ2v) is 8.57. The van der Waals surface area contributed by atoms with E-state index in [9.17, 15) is 4.79 Å². The molecule has 3 N–H and O–H groups in total. The van der Waals surface area contributed by atoms with Gasteiger partial charge in [-0.1, -0.05) is 0 Å². The number of carbonyl (C=O) groups excluding carboxylic acids is 1. The molecule has 0 aliphatic carbocycles. The normalized spacial score (nSPS) is 10.6. The molecule has 0 radical (unpaired) electrons. The van der Waals surface area contributed by atoms with Crippen LogP contribution in [0.3, 0.4) is 0 Å². The molecule has 33 heavy (non-hydrogen) atoms. The Morgan fingerprint density at radius 1 is 0.909 bits per heavy atom.